The fraction of sp³-hybridized carbons (Fsp3) is 0.192. The van der Waals surface area contributed by atoms with E-state index in [4.69, 9.17) is 4.74 Å². The van der Waals surface area contributed by atoms with Gasteiger partial charge in [0.2, 0.25) is 0 Å². The summed E-state index contributed by atoms with van der Waals surface area (Å²) >= 11 is 0. The minimum absolute atomic E-state index is 0.120. The number of nitrogens with one attached hydrogen (secondary N) is 1. The first-order valence-corrected chi connectivity index (χ1v) is 10.9. The van der Waals surface area contributed by atoms with E-state index in [1.807, 2.05) is 62.4 Å². The zero-order valence-electron chi connectivity index (χ0n) is 18.4. The number of phenolic OH excluding ortho intramolecular Hbond substituents is 1. The number of benzene rings is 2. The lowest BCUT2D eigenvalue weighted by molar-refractivity contribution is 0.0729. The molecule has 0 spiro atoms. The monoisotopic (exact) mass is 440 g/mol. The predicted molar refractivity (Wildman–Crippen MR) is 124 cm³/mol. The van der Waals surface area contributed by atoms with Crippen LogP contribution in [0.15, 0.2) is 67.0 Å². The van der Waals surface area contributed by atoms with Crippen LogP contribution in [0, 0.1) is 6.92 Å². The Labute approximate surface area is 191 Å². The molecule has 166 valence electrons. The summed E-state index contributed by atoms with van der Waals surface area (Å²) in [5.41, 5.74) is 5.17. The topological polar surface area (TPSA) is 91.3 Å². The molecule has 0 fully saturated rings. The molecule has 2 N–H and O–H groups in total. The highest BCUT2D eigenvalue weighted by Gasteiger charge is 2.42. The summed E-state index contributed by atoms with van der Waals surface area (Å²) in [4.78, 5) is 19.5. The number of fused-ring (bicyclic) bond motifs is 1. The number of aryl methyl sites for hydroxylation is 1. The van der Waals surface area contributed by atoms with Gasteiger partial charge in [-0.2, -0.15) is 5.10 Å². The van der Waals surface area contributed by atoms with Crippen LogP contribution in [-0.4, -0.2) is 37.7 Å². The molecule has 2 aromatic heterocycles. The molecule has 7 nitrogen and oxygen atoms in total. The Hall–Kier alpha value is -4.13. The lowest BCUT2D eigenvalue weighted by Gasteiger charge is -2.27. The maximum atomic E-state index is 13.5. The van der Waals surface area contributed by atoms with Gasteiger partial charge in [-0.1, -0.05) is 29.8 Å². The summed E-state index contributed by atoms with van der Waals surface area (Å²) < 4.78 is 5.73. The summed E-state index contributed by atoms with van der Waals surface area (Å²) in [7, 11) is 0. The first-order chi connectivity index (χ1) is 16.1. The fourth-order valence-corrected chi connectivity index (χ4v) is 4.38. The van der Waals surface area contributed by atoms with Crippen LogP contribution in [0.3, 0.4) is 0 Å². The first-order valence-electron chi connectivity index (χ1n) is 10.9. The number of aromatic amines is 1. The van der Waals surface area contributed by atoms with Gasteiger partial charge in [0.15, 0.2) is 0 Å². The number of hydrogen-bond acceptors (Lipinski definition) is 5. The number of ether oxygens (including phenoxy) is 1. The molecule has 1 unspecified atom stereocenters. The molecular weight excluding hydrogens is 416 g/mol. The summed E-state index contributed by atoms with van der Waals surface area (Å²) in [6, 6.07) is 16.6. The van der Waals surface area contributed by atoms with E-state index in [2.05, 4.69) is 15.2 Å². The Morgan fingerprint density at radius 1 is 1.15 bits per heavy atom. The Bertz CT molecular complexity index is 1320. The second kappa shape index (κ2) is 8.43. The Morgan fingerprint density at radius 2 is 2.03 bits per heavy atom. The van der Waals surface area contributed by atoms with Crippen LogP contribution < -0.4 is 4.74 Å². The molecule has 0 saturated heterocycles. The fourth-order valence-electron chi connectivity index (χ4n) is 4.38. The lowest BCUT2D eigenvalue weighted by Crippen LogP contribution is -2.29. The van der Waals surface area contributed by atoms with Crippen molar-refractivity contribution in [3.8, 4) is 22.8 Å². The molecule has 4 aromatic rings. The minimum Gasteiger partial charge on any atom is -0.507 e. The van der Waals surface area contributed by atoms with Crippen LogP contribution in [0.25, 0.3) is 11.3 Å². The highest BCUT2D eigenvalue weighted by atomic mass is 16.5. The standard InChI is InChI=1S/C26H24N4O3/c1-3-33-19-8-4-7-18(13-19)25-22-23(20-12-16(2)9-10-21(20)31)28-29-24(22)26(32)30(25)15-17-6-5-11-27-14-17/h4-14,25,31H,3,15H2,1-2H3,(H,28,29). The minimum atomic E-state index is -0.401. The van der Waals surface area contributed by atoms with Crippen molar-refractivity contribution in [3.05, 3.63) is 94.9 Å². The van der Waals surface area contributed by atoms with E-state index in [1.165, 1.54) is 0 Å². The zero-order valence-corrected chi connectivity index (χ0v) is 18.4. The van der Waals surface area contributed by atoms with Crippen molar-refractivity contribution in [3.63, 3.8) is 0 Å². The summed E-state index contributed by atoms with van der Waals surface area (Å²) in [5, 5.41) is 18.0. The van der Waals surface area contributed by atoms with Gasteiger partial charge < -0.3 is 14.7 Å². The third-order valence-electron chi connectivity index (χ3n) is 5.83. The predicted octanol–water partition coefficient (Wildman–Crippen LogP) is 4.63. The van der Waals surface area contributed by atoms with E-state index < -0.39 is 6.04 Å². The molecule has 0 radical (unpaired) electrons. The van der Waals surface area contributed by atoms with E-state index in [0.717, 1.165) is 28.0 Å². The van der Waals surface area contributed by atoms with Crippen molar-refractivity contribution in [2.24, 2.45) is 0 Å². The van der Waals surface area contributed by atoms with Crippen LogP contribution >= 0.6 is 0 Å². The molecule has 0 aliphatic carbocycles. The van der Waals surface area contributed by atoms with Crippen LogP contribution in [0.4, 0.5) is 0 Å². The van der Waals surface area contributed by atoms with Crippen molar-refractivity contribution < 1.29 is 14.6 Å². The number of rotatable bonds is 6. The molecule has 2 aromatic carbocycles. The van der Waals surface area contributed by atoms with Gasteiger partial charge in [0, 0.05) is 30.1 Å². The van der Waals surface area contributed by atoms with E-state index >= 15 is 0 Å². The second-order valence-electron chi connectivity index (χ2n) is 8.08. The number of amides is 1. The molecule has 1 aliphatic rings. The number of H-pyrrole nitrogens is 1. The second-order valence-corrected chi connectivity index (χ2v) is 8.08. The maximum Gasteiger partial charge on any atom is 0.273 e. The normalized spacial score (nSPS) is 15.0. The molecule has 0 saturated carbocycles. The Morgan fingerprint density at radius 3 is 2.82 bits per heavy atom. The van der Waals surface area contributed by atoms with Crippen molar-refractivity contribution in [1.29, 1.82) is 0 Å². The summed E-state index contributed by atoms with van der Waals surface area (Å²) in [6.45, 7) is 4.83. The third kappa shape index (κ3) is 3.71. The quantitative estimate of drug-likeness (QED) is 0.456. The molecule has 33 heavy (non-hydrogen) atoms. The number of nitrogens with zero attached hydrogens (tertiary/aromatic N) is 3. The molecule has 1 aliphatic heterocycles. The third-order valence-corrected chi connectivity index (χ3v) is 5.83. The van der Waals surface area contributed by atoms with Gasteiger partial charge in [-0.05, 0) is 55.3 Å². The van der Waals surface area contributed by atoms with Crippen LogP contribution in [0.1, 0.15) is 45.7 Å². The van der Waals surface area contributed by atoms with Crippen molar-refractivity contribution >= 4 is 5.91 Å². The summed E-state index contributed by atoms with van der Waals surface area (Å²) in [5.74, 6) is 0.710. The molecule has 1 atom stereocenters. The van der Waals surface area contributed by atoms with E-state index in [0.29, 0.717) is 30.1 Å². The van der Waals surface area contributed by atoms with Gasteiger partial charge in [-0.3, -0.25) is 14.9 Å². The molecule has 3 heterocycles. The van der Waals surface area contributed by atoms with Gasteiger partial charge in [0.1, 0.15) is 22.9 Å². The first kappa shape index (κ1) is 20.8. The van der Waals surface area contributed by atoms with Gasteiger partial charge in [0.05, 0.1) is 12.6 Å². The molecular formula is C26H24N4O3. The highest BCUT2D eigenvalue weighted by molar-refractivity contribution is 6.00. The number of carbonyl (C=O) groups is 1. The number of carbonyl (C=O) groups excluding carboxylic acids is 1. The van der Waals surface area contributed by atoms with Gasteiger partial charge in [0.25, 0.3) is 5.91 Å². The van der Waals surface area contributed by atoms with Gasteiger partial charge >= 0.3 is 0 Å². The van der Waals surface area contributed by atoms with Crippen molar-refractivity contribution in [2.75, 3.05) is 6.61 Å². The van der Waals surface area contributed by atoms with E-state index in [9.17, 15) is 9.90 Å². The van der Waals surface area contributed by atoms with Crippen molar-refractivity contribution in [1.82, 2.24) is 20.1 Å². The van der Waals surface area contributed by atoms with Crippen molar-refractivity contribution in [2.45, 2.75) is 26.4 Å². The maximum absolute atomic E-state index is 13.5. The Balaban J connectivity index is 1.67. The molecule has 0 bridgehead atoms. The largest absolute Gasteiger partial charge is 0.507 e. The number of pyridine rings is 1. The zero-order chi connectivity index (χ0) is 22.9. The smallest absolute Gasteiger partial charge is 0.273 e. The number of phenols is 1. The van der Waals surface area contributed by atoms with Crippen LogP contribution in [0.5, 0.6) is 11.5 Å². The van der Waals surface area contributed by atoms with Gasteiger partial charge in [-0.25, -0.2) is 0 Å². The average molecular weight is 441 g/mol. The van der Waals surface area contributed by atoms with E-state index in [-0.39, 0.29) is 11.7 Å². The SMILES string of the molecule is CCOc1cccc(C2c3c(-c4cc(C)ccc4O)n[nH]c3C(=O)N2Cc2cccnc2)c1. The van der Waals surface area contributed by atoms with E-state index in [1.54, 1.807) is 23.4 Å². The number of aromatic hydroxyl groups is 1. The number of aromatic nitrogens is 3. The van der Waals surface area contributed by atoms with Crippen LogP contribution in [-0.2, 0) is 6.54 Å². The van der Waals surface area contributed by atoms with Gasteiger partial charge in [-0.15, -0.1) is 0 Å². The molecule has 1 amide bonds. The number of hydrogen-bond donors (Lipinski definition) is 2. The van der Waals surface area contributed by atoms with Crippen LogP contribution in [0.2, 0.25) is 0 Å². The highest BCUT2D eigenvalue weighted by Crippen LogP contribution is 2.45. The molecule has 7 heteroatoms. The molecule has 5 rings (SSSR count). The summed E-state index contributed by atoms with van der Waals surface area (Å²) in [6.07, 6.45) is 3.47. The average Bonchev–Trinajstić information content (AvgIpc) is 3.36. The lowest BCUT2D eigenvalue weighted by atomic mass is 9.95. The Kier molecular flexibility index (Phi) is 5.30.